The second-order valence-corrected chi connectivity index (χ2v) is 7.85. The minimum atomic E-state index is -0.438. The van der Waals surface area contributed by atoms with Crippen molar-refractivity contribution < 1.29 is 9.59 Å². The lowest BCUT2D eigenvalue weighted by Crippen LogP contribution is -2.48. The third kappa shape index (κ3) is 4.33. The van der Waals surface area contributed by atoms with Gasteiger partial charge in [-0.3, -0.25) is 9.59 Å². The van der Waals surface area contributed by atoms with Crippen LogP contribution >= 0.6 is 11.6 Å². The number of nitrogens with zero attached hydrogens (tertiary/aromatic N) is 1. The molecule has 142 valence electrons. The predicted octanol–water partition coefficient (Wildman–Crippen LogP) is 4.90. The van der Waals surface area contributed by atoms with Crippen LogP contribution in [0.2, 0.25) is 5.02 Å². The van der Waals surface area contributed by atoms with Gasteiger partial charge in [-0.2, -0.15) is 0 Å². The summed E-state index contributed by atoms with van der Waals surface area (Å²) >= 11 is 6.08. The molecule has 2 aromatic carbocycles. The second-order valence-electron chi connectivity index (χ2n) is 7.41. The number of aryl methyl sites for hydroxylation is 1. The van der Waals surface area contributed by atoms with Gasteiger partial charge in [0, 0.05) is 23.7 Å². The molecule has 0 saturated carbocycles. The first-order chi connectivity index (χ1) is 12.9. The van der Waals surface area contributed by atoms with Gasteiger partial charge in [-0.05, 0) is 60.2 Å². The molecule has 3 rings (SSSR count). The van der Waals surface area contributed by atoms with Crippen molar-refractivity contribution in [2.24, 2.45) is 5.92 Å². The van der Waals surface area contributed by atoms with E-state index < -0.39 is 6.04 Å². The molecule has 1 aliphatic rings. The van der Waals surface area contributed by atoms with Crippen molar-refractivity contribution in [1.82, 2.24) is 4.90 Å². The lowest BCUT2D eigenvalue weighted by molar-refractivity contribution is -0.136. The molecule has 27 heavy (non-hydrogen) atoms. The highest BCUT2D eigenvalue weighted by Gasteiger charge is 2.35. The third-order valence-corrected chi connectivity index (χ3v) is 5.22. The topological polar surface area (TPSA) is 49.4 Å². The maximum Gasteiger partial charge on any atom is 0.247 e. The number of halogens is 1. The van der Waals surface area contributed by atoms with Crippen molar-refractivity contribution in [1.29, 1.82) is 0 Å². The van der Waals surface area contributed by atoms with Gasteiger partial charge in [0.1, 0.15) is 6.04 Å². The molecule has 5 heteroatoms. The molecular formula is C22H25ClN2O2. The van der Waals surface area contributed by atoms with Gasteiger partial charge >= 0.3 is 0 Å². The van der Waals surface area contributed by atoms with Crippen LogP contribution in [0.15, 0.2) is 42.5 Å². The molecular weight excluding hydrogens is 360 g/mol. The number of hydrogen-bond donors (Lipinski definition) is 1. The summed E-state index contributed by atoms with van der Waals surface area (Å²) in [6, 6.07) is 13.2. The molecule has 0 radical (unpaired) electrons. The number of amides is 2. The normalized spacial score (nSPS) is 15.3. The van der Waals surface area contributed by atoms with E-state index in [1.165, 1.54) is 0 Å². The van der Waals surface area contributed by atoms with E-state index in [4.69, 9.17) is 11.6 Å². The fraction of sp³-hybridized carbons (Fsp3) is 0.364. The van der Waals surface area contributed by atoms with Crippen molar-refractivity contribution in [2.75, 3.05) is 11.9 Å². The quantitative estimate of drug-likeness (QED) is 0.796. The average Bonchev–Trinajstić information content (AvgIpc) is 3.02. The molecule has 0 aromatic heterocycles. The first-order valence-corrected chi connectivity index (χ1v) is 9.71. The Kier molecular flexibility index (Phi) is 5.85. The zero-order valence-electron chi connectivity index (χ0n) is 16.0. The van der Waals surface area contributed by atoms with Crippen molar-refractivity contribution in [3.8, 4) is 11.1 Å². The first kappa shape index (κ1) is 19.4. The minimum absolute atomic E-state index is 0.0538. The molecule has 1 fully saturated rings. The lowest BCUT2D eigenvalue weighted by atomic mass is 10.00. The summed E-state index contributed by atoms with van der Waals surface area (Å²) in [5, 5.41) is 3.71. The lowest BCUT2D eigenvalue weighted by Gasteiger charge is -2.30. The highest BCUT2D eigenvalue weighted by atomic mass is 35.5. The van der Waals surface area contributed by atoms with Crippen LogP contribution in [0.1, 0.15) is 32.3 Å². The molecule has 1 aliphatic heterocycles. The highest BCUT2D eigenvalue weighted by Crippen LogP contribution is 2.28. The van der Waals surface area contributed by atoms with Gasteiger partial charge in [0.2, 0.25) is 11.8 Å². The number of nitrogens with one attached hydrogen (secondary N) is 1. The van der Waals surface area contributed by atoms with E-state index in [1.54, 1.807) is 4.90 Å². The van der Waals surface area contributed by atoms with E-state index in [1.807, 2.05) is 63.2 Å². The van der Waals surface area contributed by atoms with E-state index in [-0.39, 0.29) is 17.7 Å². The summed E-state index contributed by atoms with van der Waals surface area (Å²) in [7, 11) is 0. The molecule has 4 nitrogen and oxygen atoms in total. The maximum atomic E-state index is 12.9. The molecule has 1 unspecified atom stereocenters. The van der Waals surface area contributed by atoms with Crippen LogP contribution in [0.3, 0.4) is 0 Å². The maximum absolute atomic E-state index is 12.9. The van der Waals surface area contributed by atoms with Crippen LogP contribution in [0, 0.1) is 12.8 Å². The Hall–Kier alpha value is -2.33. The summed E-state index contributed by atoms with van der Waals surface area (Å²) in [5.41, 5.74) is 3.81. The number of benzene rings is 2. The Bertz CT molecular complexity index is 863. The first-order valence-electron chi connectivity index (χ1n) is 9.33. The third-order valence-electron chi connectivity index (χ3n) is 4.99. The van der Waals surface area contributed by atoms with E-state index >= 15 is 0 Å². The van der Waals surface area contributed by atoms with Gasteiger partial charge in [-0.15, -0.1) is 0 Å². The monoisotopic (exact) mass is 384 g/mol. The van der Waals surface area contributed by atoms with Crippen LogP contribution in [0.5, 0.6) is 0 Å². The van der Waals surface area contributed by atoms with Gasteiger partial charge in [0.25, 0.3) is 0 Å². The number of likely N-dealkylation sites (tertiary alicyclic amines) is 1. The van der Waals surface area contributed by atoms with Crippen molar-refractivity contribution in [3.05, 3.63) is 53.1 Å². The van der Waals surface area contributed by atoms with Crippen LogP contribution in [-0.4, -0.2) is 29.3 Å². The molecule has 2 aromatic rings. The molecule has 2 amide bonds. The largest absolute Gasteiger partial charge is 0.330 e. The zero-order chi connectivity index (χ0) is 19.6. The number of carbonyl (C=O) groups is 2. The zero-order valence-corrected chi connectivity index (χ0v) is 16.7. The van der Waals surface area contributed by atoms with E-state index in [0.717, 1.165) is 28.8 Å². The number of anilines is 1. The Balaban J connectivity index is 1.80. The van der Waals surface area contributed by atoms with Gasteiger partial charge in [0.05, 0.1) is 0 Å². The van der Waals surface area contributed by atoms with Crippen molar-refractivity contribution in [2.45, 2.75) is 39.7 Å². The molecule has 0 aliphatic carbocycles. The summed E-state index contributed by atoms with van der Waals surface area (Å²) < 4.78 is 0. The number of rotatable bonds is 5. The SMILES string of the molecule is Cc1cc(-c2cccc(Cl)c2)ccc1NC(=O)C(C(C)C)N1CCCC1=O. The van der Waals surface area contributed by atoms with Crippen LogP contribution in [0.4, 0.5) is 5.69 Å². The smallest absolute Gasteiger partial charge is 0.247 e. The van der Waals surface area contributed by atoms with E-state index in [2.05, 4.69) is 5.32 Å². The van der Waals surface area contributed by atoms with Gasteiger partial charge in [0.15, 0.2) is 0 Å². The summed E-state index contributed by atoms with van der Waals surface area (Å²) in [6.45, 7) is 6.58. The van der Waals surface area contributed by atoms with Crippen LogP contribution in [0.25, 0.3) is 11.1 Å². The number of hydrogen-bond acceptors (Lipinski definition) is 2. The number of carbonyl (C=O) groups excluding carboxylic acids is 2. The Morgan fingerprint density at radius 3 is 2.48 bits per heavy atom. The van der Waals surface area contributed by atoms with Crippen LogP contribution in [-0.2, 0) is 9.59 Å². The molecule has 1 heterocycles. The van der Waals surface area contributed by atoms with Gasteiger partial charge in [-0.25, -0.2) is 0 Å². The molecule has 1 N–H and O–H groups in total. The molecule has 0 spiro atoms. The van der Waals surface area contributed by atoms with Crippen molar-refractivity contribution in [3.63, 3.8) is 0 Å². The van der Waals surface area contributed by atoms with Crippen LogP contribution < -0.4 is 5.32 Å². The van der Waals surface area contributed by atoms with Gasteiger partial charge in [-0.1, -0.05) is 43.6 Å². The predicted molar refractivity (Wildman–Crippen MR) is 110 cm³/mol. The fourth-order valence-electron chi connectivity index (χ4n) is 3.63. The Morgan fingerprint density at radius 1 is 1.15 bits per heavy atom. The molecule has 1 atom stereocenters. The molecule has 1 saturated heterocycles. The summed E-state index contributed by atoms with van der Waals surface area (Å²) in [4.78, 5) is 26.7. The minimum Gasteiger partial charge on any atom is -0.330 e. The standard InChI is InChI=1S/C22H25ClN2O2/c1-14(2)21(25-11-5-8-20(25)26)22(27)24-19-10-9-17(12-15(19)3)16-6-4-7-18(23)13-16/h4,6-7,9-10,12-14,21H,5,8,11H2,1-3H3,(H,24,27). The fourth-order valence-corrected chi connectivity index (χ4v) is 3.82. The van der Waals surface area contributed by atoms with E-state index in [9.17, 15) is 9.59 Å². The summed E-state index contributed by atoms with van der Waals surface area (Å²) in [6.07, 6.45) is 1.35. The highest BCUT2D eigenvalue weighted by molar-refractivity contribution is 6.30. The van der Waals surface area contributed by atoms with E-state index in [0.29, 0.717) is 18.0 Å². The average molecular weight is 385 g/mol. The summed E-state index contributed by atoms with van der Waals surface area (Å²) in [5.74, 6) is -0.00572. The van der Waals surface area contributed by atoms with Crippen molar-refractivity contribution >= 4 is 29.1 Å². The Morgan fingerprint density at radius 2 is 1.89 bits per heavy atom. The molecule has 0 bridgehead atoms. The Labute approximate surface area is 165 Å². The van der Waals surface area contributed by atoms with Gasteiger partial charge < -0.3 is 10.2 Å². The second kappa shape index (κ2) is 8.13.